The normalized spacial score (nSPS) is 42.9. The molecule has 1 saturated heterocycles. The van der Waals surface area contributed by atoms with Crippen LogP contribution >= 0.6 is 7.91 Å². The van der Waals surface area contributed by atoms with Crippen LogP contribution in [-0.4, -0.2) is 18.9 Å². The summed E-state index contributed by atoms with van der Waals surface area (Å²) in [7, 11) is -4.43. The first-order valence-electron chi connectivity index (χ1n) is 3.75. The van der Waals surface area contributed by atoms with Crippen molar-refractivity contribution in [1.29, 1.82) is 0 Å². The van der Waals surface area contributed by atoms with E-state index in [1.165, 1.54) is 0 Å². The molecule has 1 rings (SSSR count). The van der Waals surface area contributed by atoms with Crippen LogP contribution < -0.4 is 0 Å². The minimum atomic E-state index is -4.43. The lowest BCUT2D eigenvalue weighted by atomic mass is 10.0. The van der Waals surface area contributed by atoms with E-state index in [4.69, 9.17) is 0 Å². The van der Waals surface area contributed by atoms with E-state index in [9.17, 15) is 13.2 Å². The summed E-state index contributed by atoms with van der Waals surface area (Å²) in [6.07, 6.45) is 0.840. The van der Waals surface area contributed by atoms with Crippen molar-refractivity contribution in [3.63, 3.8) is 0 Å². The van der Waals surface area contributed by atoms with E-state index in [0.29, 0.717) is 6.42 Å². The molecule has 0 unspecified atom stereocenters. The zero-order chi connectivity index (χ0) is 9.24. The highest BCUT2D eigenvalue weighted by Gasteiger charge is 2.42. The Hall–Kier alpha value is 0.01000. The smallest absolute Gasteiger partial charge is 0.280 e. The van der Waals surface area contributed by atoms with Gasteiger partial charge >= 0.3 is 7.91 Å². The van der Waals surface area contributed by atoms with Crippen LogP contribution in [0.5, 0.6) is 0 Å². The van der Waals surface area contributed by atoms with Crippen molar-refractivity contribution in [2.75, 3.05) is 13.2 Å². The molecule has 0 saturated carbocycles. The second-order valence-corrected chi connectivity index (χ2v) is 4.26. The van der Waals surface area contributed by atoms with Crippen LogP contribution in [0.1, 0.15) is 19.8 Å². The maximum absolute atomic E-state index is 13.4. The van der Waals surface area contributed by atoms with Gasteiger partial charge < -0.3 is 0 Å². The van der Waals surface area contributed by atoms with E-state index in [1.807, 2.05) is 0 Å². The van der Waals surface area contributed by atoms with E-state index in [0.717, 1.165) is 0 Å². The molecule has 72 valence electrons. The van der Waals surface area contributed by atoms with Crippen molar-refractivity contribution in [3.8, 4) is 0 Å². The van der Waals surface area contributed by atoms with Gasteiger partial charge in [0, 0.05) is 0 Å². The minimum Gasteiger partial charge on any atom is -0.280 e. The predicted molar refractivity (Wildman–Crippen MR) is 39.4 cm³/mol. The molecule has 0 aromatic carbocycles. The zero-order valence-corrected chi connectivity index (χ0v) is 7.65. The summed E-state index contributed by atoms with van der Waals surface area (Å²) in [5.41, 5.74) is -1.67. The van der Waals surface area contributed by atoms with E-state index in [2.05, 4.69) is 9.05 Å². The third kappa shape index (κ3) is 2.51. The van der Waals surface area contributed by atoms with Gasteiger partial charge in [0.25, 0.3) is 0 Å². The van der Waals surface area contributed by atoms with Gasteiger partial charge in [-0.25, -0.2) is 8.96 Å². The molecular weight excluding hydrogens is 189 g/mol. The molecule has 0 atom stereocenters. The standard InChI is InChI=1S/C6H11F2O3P/c1-2-3-6(7)4-10-12(8,9)11-5-6/h2-5H2,1H3. The van der Waals surface area contributed by atoms with Crippen LogP contribution in [0.15, 0.2) is 0 Å². The van der Waals surface area contributed by atoms with Crippen molar-refractivity contribution >= 4 is 7.91 Å². The van der Waals surface area contributed by atoms with Crippen LogP contribution in [0.2, 0.25) is 0 Å². The highest BCUT2D eigenvalue weighted by Crippen LogP contribution is 2.54. The second-order valence-electron chi connectivity index (χ2n) is 2.88. The molecular formula is C6H11F2O3P. The molecule has 0 N–H and O–H groups in total. The summed E-state index contributed by atoms with van der Waals surface area (Å²) in [5, 5.41) is 0. The predicted octanol–water partition coefficient (Wildman–Crippen LogP) is 2.62. The van der Waals surface area contributed by atoms with E-state index in [1.54, 1.807) is 6.92 Å². The summed E-state index contributed by atoms with van der Waals surface area (Å²) < 4.78 is 44.5. The molecule has 3 nitrogen and oxygen atoms in total. The number of hydrogen-bond donors (Lipinski definition) is 0. The highest BCUT2D eigenvalue weighted by molar-refractivity contribution is 7.48. The summed E-state index contributed by atoms with van der Waals surface area (Å²) in [6, 6.07) is 0. The average molecular weight is 200 g/mol. The third-order valence-electron chi connectivity index (χ3n) is 1.65. The fourth-order valence-electron chi connectivity index (χ4n) is 1.06. The maximum atomic E-state index is 13.4. The largest absolute Gasteiger partial charge is 0.513 e. The molecule has 0 aromatic rings. The van der Waals surface area contributed by atoms with Crippen molar-refractivity contribution in [3.05, 3.63) is 0 Å². The molecule has 0 radical (unpaired) electrons. The Labute approximate surface area is 69.7 Å². The summed E-state index contributed by atoms with van der Waals surface area (Å²) >= 11 is 0. The number of alkyl halides is 1. The fraction of sp³-hybridized carbons (Fsp3) is 1.00. The lowest BCUT2D eigenvalue weighted by Crippen LogP contribution is -2.37. The van der Waals surface area contributed by atoms with Gasteiger partial charge in [0.2, 0.25) is 0 Å². The van der Waals surface area contributed by atoms with Crippen molar-refractivity contribution < 1.29 is 22.2 Å². The van der Waals surface area contributed by atoms with Crippen LogP contribution in [0, 0.1) is 0 Å². The van der Waals surface area contributed by atoms with Gasteiger partial charge in [0.1, 0.15) is 0 Å². The van der Waals surface area contributed by atoms with E-state index < -0.39 is 26.8 Å². The van der Waals surface area contributed by atoms with Crippen molar-refractivity contribution in [2.45, 2.75) is 25.4 Å². The molecule has 1 fully saturated rings. The maximum Gasteiger partial charge on any atom is 0.513 e. The van der Waals surface area contributed by atoms with Crippen LogP contribution in [0.25, 0.3) is 0 Å². The summed E-state index contributed by atoms with van der Waals surface area (Å²) in [5.74, 6) is 0. The Morgan fingerprint density at radius 3 is 2.42 bits per heavy atom. The van der Waals surface area contributed by atoms with Crippen molar-refractivity contribution in [2.24, 2.45) is 0 Å². The van der Waals surface area contributed by atoms with Gasteiger partial charge in [-0.15, -0.1) is 4.20 Å². The first kappa shape index (κ1) is 10.1. The molecule has 0 amide bonds. The van der Waals surface area contributed by atoms with Gasteiger partial charge in [0.15, 0.2) is 5.67 Å². The van der Waals surface area contributed by atoms with E-state index in [-0.39, 0.29) is 6.42 Å². The molecule has 12 heavy (non-hydrogen) atoms. The molecule has 6 heteroatoms. The van der Waals surface area contributed by atoms with Crippen LogP contribution in [-0.2, 0) is 13.6 Å². The Bertz CT molecular complexity index is 197. The van der Waals surface area contributed by atoms with Gasteiger partial charge in [0.05, 0.1) is 13.2 Å². The van der Waals surface area contributed by atoms with Gasteiger partial charge in [-0.3, -0.25) is 9.05 Å². The first-order valence-corrected chi connectivity index (χ1v) is 5.18. The lowest BCUT2D eigenvalue weighted by Gasteiger charge is -2.29. The number of hydrogen-bond acceptors (Lipinski definition) is 3. The zero-order valence-electron chi connectivity index (χ0n) is 6.76. The molecule has 1 heterocycles. The van der Waals surface area contributed by atoms with Crippen molar-refractivity contribution in [1.82, 2.24) is 0 Å². The topological polar surface area (TPSA) is 35.5 Å². The quantitative estimate of drug-likeness (QED) is 0.642. The monoisotopic (exact) mass is 200 g/mol. The lowest BCUT2D eigenvalue weighted by molar-refractivity contribution is -0.0278. The van der Waals surface area contributed by atoms with Gasteiger partial charge in [-0.2, -0.15) is 0 Å². The molecule has 0 bridgehead atoms. The molecule has 0 spiro atoms. The van der Waals surface area contributed by atoms with Crippen LogP contribution in [0.3, 0.4) is 0 Å². The van der Waals surface area contributed by atoms with Gasteiger partial charge in [-0.1, -0.05) is 13.3 Å². The Morgan fingerprint density at radius 1 is 1.50 bits per heavy atom. The SMILES string of the molecule is CCCC1(F)COP(=O)(F)OC1. The fourth-order valence-corrected chi connectivity index (χ4v) is 1.90. The Kier molecular flexibility index (Phi) is 2.86. The Balaban J connectivity index is 2.49. The Morgan fingerprint density at radius 2 is 2.00 bits per heavy atom. The molecule has 1 aliphatic rings. The summed E-state index contributed by atoms with van der Waals surface area (Å²) in [4.78, 5) is 0. The molecule has 1 aliphatic heterocycles. The molecule has 0 aromatic heterocycles. The number of rotatable bonds is 2. The third-order valence-corrected chi connectivity index (χ3v) is 2.53. The van der Waals surface area contributed by atoms with Crippen LogP contribution in [0.4, 0.5) is 8.59 Å². The van der Waals surface area contributed by atoms with Gasteiger partial charge in [-0.05, 0) is 6.42 Å². The number of halogens is 2. The summed E-state index contributed by atoms with van der Waals surface area (Å²) in [6.45, 7) is 0.841. The first-order chi connectivity index (χ1) is 5.47. The second kappa shape index (κ2) is 3.40. The molecule has 0 aliphatic carbocycles. The highest BCUT2D eigenvalue weighted by atomic mass is 31.2. The minimum absolute atomic E-state index is 0.229. The van der Waals surface area contributed by atoms with E-state index >= 15 is 0 Å². The average Bonchev–Trinajstić information content (AvgIpc) is 1.98.